The Hall–Kier alpha value is -2.80. The van der Waals surface area contributed by atoms with Crippen LogP contribution in [0.5, 0.6) is 5.75 Å². The van der Waals surface area contributed by atoms with Gasteiger partial charge in [0.15, 0.2) is 11.5 Å². The van der Waals surface area contributed by atoms with Crippen LogP contribution in [0, 0.1) is 23.7 Å². The van der Waals surface area contributed by atoms with Gasteiger partial charge in [0.1, 0.15) is 18.1 Å². The van der Waals surface area contributed by atoms with Gasteiger partial charge in [-0.3, -0.25) is 0 Å². The monoisotopic (exact) mass is 290 g/mol. The van der Waals surface area contributed by atoms with Gasteiger partial charge in [0.05, 0.1) is 6.07 Å². The molecule has 0 bridgehead atoms. The molecule has 0 unspecified atom stereocenters. The lowest BCUT2D eigenvalue weighted by Crippen LogP contribution is -2.42. The van der Waals surface area contributed by atoms with Crippen molar-refractivity contribution in [3.8, 4) is 11.8 Å². The molecule has 2 aromatic carbocycles. The molecule has 4 nitrogen and oxygen atoms in total. The van der Waals surface area contributed by atoms with Gasteiger partial charge in [0.25, 0.3) is 0 Å². The van der Waals surface area contributed by atoms with Crippen LogP contribution in [0.3, 0.4) is 0 Å². The smallest absolute Gasteiger partial charge is 0.180 e. The standard InChI is InChI=1S/C18H14N2O2/c1-12-6-8-13(9-7-12)17-18(10-19)11-21-15-5-3-2-4-14(15)16(18)20-22-17/h2-9,17H,11H2,1H3/t17-,18+/m0/s1. The summed E-state index contributed by atoms with van der Waals surface area (Å²) >= 11 is 0. The summed E-state index contributed by atoms with van der Waals surface area (Å²) in [5.74, 6) is 0.750. The van der Waals surface area contributed by atoms with Crippen LogP contribution < -0.4 is 4.74 Å². The number of nitriles is 1. The van der Waals surface area contributed by atoms with Crippen molar-refractivity contribution in [3.05, 3.63) is 65.2 Å². The topological polar surface area (TPSA) is 54.6 Å². The number of hydrogen-bond donors (Lipinski definition) is 0. The maximum absolute atomic E-state index is 9.87. The van der Waals surface area contributed by atoms with E-state index in [1.165, 1.54) is 5.56 Å². The summed E-state index contributed by atoms with van der Waals surface area (Å²) in [5, 5.41) is 14.1. The van der Waals surface area contributed by atoms with Crippen LogP contribution in [0.25, 0.3) is 0 Å². The number of oxime groups is 1. The first kappa shape index (κ1) is 12.9. The molecule has 0 aromatic heterocycles. The molecule has 2 aromatic rings. The molecule has 0 aliphatic carbocycles. The van der Waals surface area contributed by atoms with E-state index in [0.717, 1.165) is 16.9 Å². The van der Waals surface area contributed by atoms with Gasteiger partial charge in [-0.05, 0) is 24.6 Å². The van der Waals surface area contributed by atoms with Gasteiger partial charge in [0.2, 0.25) is 0 Å². The highest BCUT2D eigenvalue weighted by Crippen LogP contribution is 2.48. The summed E-state index contributed by atoms with van der Waals surface area (Å²) in [7, 11) is 0. The second-order valence-corrected chi connectivity index (χ2v) is 5.70. The van der Waals surface area contributed by atoms with Crippen LogP contribution >= 0.6 is 0 Å². The second kappa shape index (κ2) is 4.60. The fraction of sp³-hybridized carbons (Fsp3) is 0.222. The van der Waals surface area contributed by atoms with Crippen molar-refractivity contribution in [1.82, 2.24) is 0 Å². The third-order valence-corrected chi connectivity index (χ3v) is 4.30. The first-order valence-corrected chi connectivity index (χ1v) is 7.19. The highest BCUT2D eigenvalue weighted by molar-refractivity contribution is 6.10. The molecule has 2 heterocycles. The minimum absolute atomic E-state index is 0.248. The number of nitrogens with zero attached hydrogens (tertiary/aromatic N) is 2. The van der Waals surface area contributed by atoms with E-state index >= 15 is 0 Å². The number of benzene rings is 2. The zero-order valence-electron chi connectivity index (χ0n) is 12.1. The van der Waals surface area contributed by atoms with Crippen molar-refractivity contribution in [2.24, 2.45) is 10.6 Å². The van der Waals surface area contributed by atoms with E-state index in [9.17, 15) is 5.26 Å². The van der Waals surface area contributed by atoms with Crippen LogP contribution in [-0.4, -0.2) is 12.3 Å². The molecule has 4 rings (SSSR count). The van der Waals surface area contributed by atoms with Crippen molar-refractivity contribution in [2.45, 2.75) is 13.0 Å². The Kier molecular flexibility index (Phi) is 2.70. The molecule has 2 aliphatic rings. The number of ether oxygens (including phenoxy) is 1. The lowest BCUT2D eigenvalue weighted by atomic mass is 9.73. The quantitative estimate of drug-likeness (QED) is 0.809. The highest BCUT2D eigenvalue weighted by atomic mass is 16.6. The Morgan fingerprint density at radius 2 is 1.95 bits per heavy atom. The largest absolute Gasteiger partial charge is 0.491 e. The summed E-state index contributed by atoms with van der Waals surface area (Å²) in [6.07, 6.45) is -0.443. The molecule has 0 saturated heterocycles. The zero-order valence-corrected chi connectivity index (χ0v) is 12.1. The van der Waals surface area contributed by atoms with Gasteiger partial charge in [-0.25, -0.2) is 0 Å². The maximum atomic E-state index is 9.87. The first-order chi connectivity index (χ1) is 10.7. The summed E-state index contributed by atoms with van der Waals surface area (Å²) in [6, 6.07) is 18.0. The van der Waals surface area contributed by atoms with Crippen molar-refractivity contribution in [3.63, 3.8) is 0 Å². The van der Waals surface area contributed by atoms with Gasteiger partial charge >= 0.3 is 0 Å². The van der Waals surface area contributed by atoms with E-state index in [1.54, 1.807) is 0 Å². The lowest BCUT2D eigenvalue weighted by Gasteiger charge is -2.32. The summed E-state index contributed by atoms with van der Waals surface area (Å²) in [6.45, 7) is 2.28. The predicted molar refractivity (Wildman–Crippen MR) is 81.5 cm³/mol. The lowest BCUT2D eigenvalue weighted by molar-refractivity contribution is 0.0242. The molecule has 0 spiro atoms. The molecule has 2 atom stereocenters. The van der Waals surface area contributed by atoms with Crippen LogP contribution in [0.1, 0.15) is 22.8 Å². The number of rotatable bonds is 1. The Labute approximate surface area is 128 Å². The maximum Gasteiger partial charge on any atom is 0.180 e. The minimum atomic E-state index is -0.899. The third kappa shape index (κ3) is 1.66. The summed E-state index contributed by atoms with van der Waals surface area (Å²) in [5.41, 5.74) is 2.71. The van der Waals surface area contributed by atoms with Gasteiger partial charge in [-0.15, -0.1) is 0 Å². The molecule has 4 heteroatoms. The van der Waals surface area contributed by atoms with Crippen molar-refractivity contribution in [1.29, 1.82) is 5.26 Å². The first-order valence-electron chi connectivity index (χ1n) is 7.19. The third-order valence-electron chi connectivity index (χ3n) is 4.30. The van der Waals surface area contributed by atoms with Crippen LogP contribution in [0.2, 0.25) is 0 Å². The van der Waals surface area contributed by atoms with Crippen LogP contribution in [0.4, 0.5) is 0 Å². The van der Waals surface area contributed by atoms with Crippen LogP contribution in [-0.2, 0) is 4.84 Å². The van der Waals surface area contributed by atoms with Gasteiger partial charge in [-0.2, -0.15) is 5.26 Å². The van der Waals surface area contributed by atoms with Gasteiger partial charge < -0.3 is 9.57 Å². The highest BCUT2D eigenvalue weighted by Gasteiger charge is 2.55. The molecule has 0 amide bonds. The molecule has 108 valence electrons. The van der Waals surface area contributed by atoms with E-state index in [-0.39, 0.29) is 6.61 Å². The Morgan fingerprint density at radius 3 is 2.73 bits per heavy atom. The van der Waals surface area contributed by atoms with Crippen molar-refractivity contribution < 1.29 is 9.57 Å². The molecular formula is C18H14N2O2. The molecular weight excluding hydrogens is 276 g/mol. The fourth-order valence-electron chi connectivity index (χ4n) is 3.04. The van der Waals surface area contributed by atoms with Crippen molar-refractivity contribution >= 4 is 5.71 Å². The van der Waals surface area contributed by atoms with E-state index in [1.807, 2.05) is 55.5 Å². The molecule has 0 radical (unpaired) electrons. The van der Waals surface area contributed by atoms with E-state index in [4.69, 9.17) is 9.57 Å². The normalized spacial score (nSPS) is 25.1. The zero-order chi connectivity index (χ0) is 15.2. The molecule has 0 saturated carbocycles. The second-order valence-electron chi connectivity index (χ2n) is 5.70. The number of hydrogen-bond acceptors (Lipinski definition) is 4. The van der Waals surface area contributed by atoms with Crippen LogP contribution in [0.15, 0.2) is 53.7 Å². The predicted octanol–water partition coefficient (Wildman–Crippen LogP) is 3.37. The molecule has 0 fully saturated rings. The number of para-hydroxylation sites is 1. The van der Waals surface area contributed by atoms with Gasteiger partial charge in [0, 0.05) is 5.56 Å². The van der Waals surface area contributed by atoms with Crippen molar-refractivity contribution in [2.75, 3.05) is 6.61 Å². The Bertz CT molecular complexity index is 805. The minimum Gasteiger partial charge on any atom is -0.491 e. The SMILES string of the molecule is Cc1ccc([C@@H]2ON=C3c4ccccc4OC[C@]32C#N)cc1. The van der Waals surface area contributed by atoms with Gasteiger partial charge in [-0.1, -0.05) is 47.1 Å². The molecule has 0 N–H and O–H groups in total. The fourth-order valence-corrected chi connectivity index (χ4v) is 3.04. The van der Waals surface area contributed by atoms with E-state index in [2.05, 4.69) is 11.2 Å². The van der Waals surface area contributed by atoms with E-state index < -0.39 is 11.5 Å². The van der Waals surface area contributed by atoms with E-state index in [0.29, 0.717) is 5.71 Å². The molecule has 22 heavy (non-hydrogen) atoms. The molecule has 2 aliphatic heterocycles. The number of fused-ring (bicyclic) bond motifs is 3. The Morgan fingerprint density at radius 1 is 1.18 bits per heavy atom. The average Bonchev–Trinajstić information content (AvgIpc) is 2.96. The summed E-state index contributed by atoms with van der Waals surface area (Å²) < 4.78 is 5.82. The number of aryl methyl sites for hydroxylation is 1. The summed E-state index contributed by atoms with van der Waals surface area (Å²) in [4.78, 5) is 5.66. The average molecular weight is 290 g/mol. The Balaban J connectivity index is 1.82.